The maximum absolute atomic E-state index is 12.4. The Balaban J connectivity index is 0.00000280. The molecule has 7 nitrogen and oxygen atoms in total. The second kappa shape index (κ2) is 10.7. The van der Waals surface area contributed by atoms with Gasteiger partial charge in [0, 0.05) is 32.7 Å². The largest absolute Gasteiger partial charge is 0.459 e. The summed E-state index contributed by atoms with van der Waals surface area (Å²) in [5.41, 5.74) is 1.63. The molecule has 0 bridgehead atoms. The van der Waals surface area contributed by atoms with Crippen LogP contribution in [0.15, 0.2) is 52.1 Å². The number of nitrogens with zero attached hydrogens (tertiary/aromatic N) is 4. The van der Waals surface area contributed by atoms with Crippen LogP contribution in [0, 0.1) is 11.3 Å². The van der Waals surface area contributed by atoms with Crippen molar-refractivity contribution < 1.29 is 9.21 Å². The van der Waals surface area contributed by atoms with Crippen molar-refractivity contribution in [1.82, 2.24) is 15.1 Å². The highest BCUT2D eigenvalue weighted by Gasteiger charge is 2.25. The molecule has 2 aromatic rings. The fourth-order valence-electron chi connectivity index (χ4n) is 3.01. The Bertz CT molecular complexity index is 837. The van der Waals surface area contributed by atoms with Gasteiger partial charge in [0.15, 0.2) is 11.7 Å². The molecule has 0 spiro atoms. The summed E-state index contributed by atoms with van der Waals surface area (Å²) >= 11 is 0. The first kappa shape index (κ1) is 21.8. The number of carbonyl (C=O) groups excluding carboxylic acids is 1. The van der Waals surface area contributed by atoms with E-state index in [0.717, 1.165) is 18.1 Å². The van der Waals surface area contributed by atoms with Crippen LogP contribution in [0.3, 0.4) is 0 Å². The number of aliphatic imine (C=N–C) groups is 1. The summed E-state index contributed by atoms with van der Waals surface area (Å²) in [7, 11) is 0. The number of carbonyl (C=O) groups is 1. The molecule has 1 saturated heterocycles. The molecule has 0 unspecified atom stereocenters. The number of amides is 1. The number of rotatable bonds is 4. The Labute approximate surface area is 182 Å². The fraction of sp³-hybridized carbons (Fsp3) is 0.350. The van der Waals surface area contributed by atoms with E-state index in [1.165, 1.54) is 6.26 Å². The number of nitrogens with one attached hydrogen (secondary N) is 1. The van der Waals surface area contributed by atoms with Crippen LogP contribution in [0.4, 0.5) is 0 Å². The third kappa shape index (κ3) is 5.48. The smallest absolute Gasteiger partial charge is 0.289 e. The molecule has 1 aromatic heterocycles. The third-order valence-electron chi connectivity index (χ3n) is 4.40. The summed E-state index contributed by atoms with van der Waals surface area (Å²) in [6.07, 6.45) is 1.51. The lowest BCUT2D eigenvalue weighted by atomic mass is 10.1. The lowest BCUT2D eigenvalue weighted by Crippen LogP contribution is -2.53. The maximum atomic E-state index is 12.4. The molecule has 0 saturated carbocycles. The molecule has 3 rings (SSSR count). The lowest BCUT2D eigenvalue weighted by molar-refractivity contribution is 0.0657. The van der Waals surface area contributed by atoms with E-state index in [4.69, 9.17) is 14.7 Å². The number of benzene rings is 1. The molecule has 1 aliphatic heterocycles. The van der Waals surface area contributed by atoms with Gasteiger partial charge < -0.3 is 19.5 Å². The number of hydrogen-bond acceptors (Lipinski definition) is 4. The number of guanidine groups is 1. The van der Waals surface area contributed by atoms with Crippen LogP contribution in [-0.4, -0.2) is 54.4 Å². The van der Waals surface area contributed by atoms with Crippen LogP contribution in [0.5, 0.6) is 0 Å². The molecule has 8 heteroatoms. The van der Waals surface area contributed by atoms with E-state index in [9.17, 15) is 4.79 Å². The Kier molecular flexibility index (Phi) is 8.32. The molecule has 2 heterocycles. The second-order valence-corrected chi connectivity index (χ2v) is 6.24. The standard InChI is InChI=1S/C20H23N5O2.HI/c1-2-22-20(23-15-17-6-3-5-16(13-17)14-21)25-10-8-24(9-11-25)19(26)18-7-4-12-27-18;/h3-7,12-13H,2,8-11,15H2,1H3,(H,22,23);1H. The summed E-state index contributed by atoms with van der Waals surface area (Å²) in [6, 6.07) is 13.0. The average molecular weight is 493 g/mol. The zero-order chi connectivity index (χ0) is 19.1. The first-order valence-electron chi connectivity index (χ1n) is 9.06. The molecule has 0 aliphatic carbocycles. The molecule has 1 amide bonds. The van der Waals surface area contributed by atoms with Gasteiger partial charge >= 0.3 is 0 Å². The Morgan fingerprint density at radius 3 is 2.61 bits per heavy atom. The predicted molar refractivity (Wildman–Crippen MR) is 118 cm³/mol. The van der Waals surface area contributed by atoms with Gasteiger partial charge in [-0.05, 0) is 36.8 Å². The molecular weight excluding hydrogens is 469 g/mol. The Morgan fingerprint density at radius 2 is 1.96 bits per heavy atom. The van der Waals surface area contributed by atoms with Crippen LogP contribution in [0.25, 0.3) is 0 Å². The highest BCUT2D eigenvalue weighted by Crippen LogP contribution is 2.11. The minimum Gasteiger partial charge on any atom is -0.459 e. The number of nitriles is 1. The Hall–Kier alpha value is -2.54. The van der Waals surface area contributed by atoms with Crippen molar-refractivity contribution >= 4 is 35.8 Å². The molecule has 1 fully saturated rings. The van der Waals surface area contributed by atoms with Crippen molar-refractivity contribution in [3.63, 3.8) is 0 Å². The third-order valence-corrected chi connectivity index (χ3v) is 4.40. The van der Waals surface area contributed by atoms with E-state index in [1.807, 2.05) is 25.1 Å². The van der Waals surface area contributed by atoms with Crippen LogP contribution in [0.2, 0.25) is 0 Å². The number of hydrogen-bond donors (Lipinski definition) is 1. The van der Waals surface area contributed by atoms with Gasteiger partial charge in [-0.1, -0.05) is 12.1 Å². The van der Waals surface area contributed by atoms with Crippen molar-refractivity contribution in [3.8, 4) is 6.07 Å². The van der Waals surface area contributed by atoms with Crippen LogP contribution in [0.1, 0.15) is 28.6 Å². The van der Waals surface area contributed by atoms with E-state index in [-0.39, 0.29) is 29.9 Å². The highest BCUT2D eigenvalue weighted by atomic mass is 127. The topological polar surface area (TPSA) is 84.9 Å². The fourth-order valence-corrected chi connectivity index (χ4v) is 3.01. The van der Waals surface area contributed by atoms with Gasteiger partial charge in [0.25, 0.3) is 5.91 Å². The highest BCUT2D eigenvalue weighted by molar-refractivity contribution is 14.0. The van der Waals surface area contributed by atoms with Crippen molar-refractivity contribution in [1.29, 1.82) is 5.26 Å². The summed E-state index contributed by atoms with van der Waals surface area (Å²) in [5.74, 6) is 1.13. The van der Waals surface area contributed by atoms with Crippen LogP contribution >= 0.6 is 24.0 Å². The second-order valence-electron chi connectivity index (χ2n) is 6.24. The first-order valence-corrected chi connectivity index (χ1v) is 9.06. The Morgan fingerprint density at radius 1 is 1.21 bits per heavy atom. The molecular formula is C20H24IN5O2. The van der Waals surface area contributed by atoms with E-state index >= 15 is 0 Å². The van der Waals surface area contributed by atoms with Gasteiger partial charge in [0.2, 0.25) is 0 Å². The van der Waals surface area contributed by atoms with E-state index < -0.39 is 0 Å². The average Bonchev–Trinajstić information content (AvgIpc) is 3.26. The van der Waals surface area contributed by atoms with Gasteiger partial charge in [-0.3, -0.25) is 4.79 Å². The first-order chi connectivity index (χ1) is 13.2. The zero-order valence-corrected chi connectivity index (χ0v) is 18.1. The molecule has 1 aromatic carbocycles. The monoisotopic (exact) mass is 493 g/mol. The van der Waals surface area contributed by atoms with Crippen molar-refractivity contribution in [2.24, 2.45) is 4.99 Å². The van der Waals surface area contributed by atoms with Crippen LogP contribution in [-0.2, 0) is 6.54 Å². The minimum absolute atomic E-state index is 0. The van der Waals surface area contributed by atoms with Crippen molar-refractivity contribution in [3.05, 3.63) is 59.5 Å². The van der Waals surface area contributed by atoms with Crippen LogP contribution < -0.4 is 5.32 Å². The van der Waals surface area contributed by atoms with Crippen molar-refractivity contribution in [2.75, 3.05) is 32.7 Å². The summed E-state index contributed by atoms with van der Waals surface area (Å²) in [4.78, 5) is 21.0. The quantitative estimate of drug-likeness (QED) is 0.402. The zero-order valence-electron chi connectivity index (χ0n) is 15.8. The van der Waals surface area contributed by atoms with E-state index in [1.54, 1.807) is 23.1 Å². The van der Waals surface area contributed by atoms with Gasteiger partial charge in [0.1, 0.15) is 0 Å². The van der Waals surface area contributed by atoms with Gasteiger partial charge in [0.05, 0.1) is 24.4 Å². The lowest BCUT2D eigenvalue weighted by Gasteiger charge is -2.36. The minimum atomic E-state index is -0.0742. The van der Waals surface area contributed by atoms with Crippen molar-refractivity contribution in [2.45, 2.75) is 13.5 Å². The van der Waals surface area contributed by atoms with Gasteiger partial charge in [-0.15, -0.1) is 24.0 Å². The summed E-state index contributed by atoms with van der Waals surface area (Å²) in [6.45, 7) is 5.95. The summed E-state index contributed by atoms with van der Waals surface area (Å²) in [5, 5.41) is 12.3. The molecule has 28 heavy (non-hydrogen) atoms. The molecule has 0 radical (unpaired) electrons. The SMILES string of the molecule is CCNC(=NCc1cccc(C#N)c1)N1CCN(C(=O)c2ccco2)CC1.I. The molecule has 1 aliphatic rings. The van der Waals surface area contributed by atoms with E-state index in [0.29, 0.717) is 44.0 Å². The normalized spacial score (nSPS) is 14.2. The predicted octanol–water partition coefficient (Wildman–Crippen LogP) is 2.69. The molecule has 148 valence electrons. The van der Waals surface area contributed by atoms with E-state index in [2.05, 4.69) is 16.3 Å². The molecule has 1 N–H and O–H groups in total. The number of furan rings is 1. The number of piperazine rings is 1. The van der Waals surface area contributed by atoms with Gasteiger partial charge in [-0.25, -0.2) is 4.99 Å². The maximum Gasteiger partial charge on any atom is 0.289 e. The van der Waals surface area contributed by atoms with Gasteiger partial charge in [-0.2, -0.15) is 5.26 Å². The summed E-state index contributed by atoms with van der Waals surface area (Å²) < 4.78 is 5.20. The molecule has 0 atom stereocenters. The number of halogens is 1.